The number of carbonyl (C=O) groups excluding carboxylic acids is 2. The highest BCUT2D eigenvalue weighted by molar-refractivity contribution is 5.97. The van der Waals surface area contributed by atoms with Crippen molar-refractivity contribution in [1.29, 1.82) is 0 Å². The Balaban J connectivity index is 1.68. The Bertz CT molecular complexity index is 583. The van der Waals surface area contributed by atoms with Gasteiger partial charge in [0, 0.05) is 44.6 Å². The van der Waals surface area contributed by atoms with Crippen LogP contribution >= 0.6 is 0 Å². The molecule has 1 aliphatic rings. The lowest BCUT2D eigenvalue weighted by Gasteiger charge is -2.33. The van der Waals surface area contributed by atoms with Gasteiger partial charge in [-0.25, -0.2) is 0 Å². The smallest absolute Gasteiger partial charge is 0.220 e. The Hall–Kier alpha value is -1.72. The molecule has 1 aromatic rings. The molecule has 1 fully saturated rings. The number of rotatable bonds is 9. The second-order valence-corrected chi connectivity index (χ2v) is 7.42. The number of carbonyl (C=O) groups is 2. The predicted molar refractivity (Wildman–Crippen MR) is 103 cm³/mol. The summed E-state index contributed by atoms with van der Waals surface area (Å²) in [7, 11) is 0. The first-order valence-electron chi connectivity index (χ1n) is 9.70. The number of aryl methyl sites for hydroxylation is 1. The largest absolute Gasteiger partial charge is 0.374 e. The fourth-order valence-corrected chi connectivity index (χ4v) is 3.20. The topological polar surface area (TPSA) is 58.6 Å². The molecule has 1 heterocycles. The molecule has 0 saturated carbocycles. The lowest BCUT2D eigenvalue weighted by Crippen LogP contribution is -2.48. The number of nitrogens with one attached hydrogen (secondary N) is 1. The van der Waals surface area contributed by atoms with E-state index >= 15 is 0 Å². The second-order valence-electron chi connectivity index (χ2n) is 7.42. The van der Waals surface area contributed by atoms with Crippen molar-refractivity contribution in [1.82, 2.24) is 10.2 Å². The molecule has 1 unspecified atom stereocenters. The molecule has 2 rings (SSSR count). The Labute approximate surface area is 157 Å². The molecule has 0 spiro atoms. The van der Waals surface area contributed by atoms with Gasteiger partial charge in [0.2, 0.25) is 5.91 Å². The van der Waals surface area contributed by atoms with Gasteiger partial charge in [-0.2, -0.15) is 0 Å². The highest BCUT2D eigenvalue weighted by Crippen LogP contribution is 2.10. The molecule has 144 valence electrons. The number of nitrogens with zero attached hydrogens (tertiary/aromatic N) is 1. The molecule has 0 aliphatic carbocycles. The van der Waals surface area contributed by atoms with E-state index in [-0.39, 0.29) is 30.6 Å². The number of benzene rings is 1. The zero-order valence-corrected chi connectivity index (χ0v) is 16.3. The summed E-state index contributed by atoms with van der Waals surface area (Å²) >= 11 is 0. The first kappa shape index (κ1) is 20.6. The van der Waals surface area contributed by atoms with Crippen molar-refractivity contribution in [2.45, 2.75) is 46.1 Å². The van der Waals surface area contributed by atoms with Crippen LogP contribution in [0.25, 0.3) is 0 Å². The minimum absolute atomic E-state index is 0.0137. The number of ether oxygens (including phenoxy) is 1. The number of hydrogen-bond acceptors (Lipinski definition) is 4. The van der Waals surface area contributed by atoms with Gasteiger partial charge >= 0.3 is 0 Å². The third-order valence-corrected chi connectivity index (χ3v) is 4.64. The molecule has 1 N–H and O–H groups in total. The maximum Gasteiger partial charge on any atom is 0.220 e. The minimum Gasteiger partial charge on any atom is -0.374 e. The molecule has 1 amide bonds. The fraction of sp³-hybridized carbons (Fsp3) is 0.619. The van der Waals surface area contributed by atoms with E-state index in [1.54, 1.807) is 0 Å². The van der Waals surface area contributed by atoms with E-state index in [1.807, 2.05) is 24.3 Å². The summed E-state index contributed by atoms with van der Waals surface area (Å²) in [5.41, 5.74) is 1.88. The van der Waals surface area contributed by atoms with Gasteiger partial charge < -0.3 is 10.1 Å². The van der Waals surface area contributed by atoms with Crippen LogP contribution < -0.4 is 5.32 Å². The molecule has 5 nitrogen and oxygen atoms in total. The molecule has 1 aliphatic heterocycles. The Kier molecular flexibility index (Phi) is 8.26. The predicted octanol–water partition coefficient (Wildman–Crippen LogP) is 2.68. The maximum absolute atomic E-state index is 12.2. The maximum atomic E-state index is 12.2. The molecular weight excluding hydrogens is 328 g/mol. The Morgan fingerprint density at radius 3 is 2.62 bits per heavy atom. The van der Waals surface area contributed by atoms with Gasteiger partial charge in [0.15, 0.2) is 5.78 Å². The third kappa shape index (κ3) is 6.89. The molecular formula is C21H32N2O3. The monoisotopic (exact) mass is 360 g/mol. The summed E-state index contributed by atoms with van der Waals surface area (Å²) in [5.74, 6) is 0.550. The standard InChI is InChI=1S/C21H32N2O3/c1-4-17-5-7-18(8-6-17)20(24)9-10-21(25)22-13-19-15-23(11-12-26-19)14-16(2)3/h5-8,16,19H,4,9-15H2,1-3H3,(H,22,25). The van der Waals surface area contributed by atoms with Gasteiger partial charge in [-0.05, 0) is 17.9 Å². The quantitative estimate of drug-likeness (QED) is 0.688. The fourth-order valence-electron chi connectivity index (χ4n) is 3.20. The average molecular weight is 360 g/mol. The van der Waals surface area contributed by atoms with Crippen molar-refractivity contribution >= 4 is 11.7 Å². The normalized spacial score (nSPS) is 18.1. The number of Topliss-reactive ketones (excluding diaryl/α,β-unsaturated/α-hetero) is 1. The van der Waals surface area contributed by atoms with Gasteiger partial charge in [-0.1, -0.05) is 45.0 Å². The van der Waals surface area contributed by atoms with Crippen molar-refractivity contribution in [3.63, 3.8) is 0 Å². The minimum atomic E-state index is -0.0897. The molecule has 0 bridgehead atoms. The van der Waals surface area contributed by atoms with Crippen LogP contribution in [-0.4, -0.2) is 55.5 Å². The van der Waals surface area contributed by atoms with Crippen LogP contribution in [0.4, 0.5) is 0 Å². The summed E-state index contributed by atoms with van der Waals surface area (Å²) in [6, 6.07) is 7.63. The molecule has 0 radical (unpaired) electrons. The van der Waals surface area contributed by atoms with E-state index in [0.29, 0.717) is 24.6 Å². The molecule has 26 heavy (non-hydrogen) atoms. The van der Waals surface area contributed by atoms with E-state index in [0.717, 1.165) is 26.1 Å². The number of amides is 1. The number of hydrogen-bond donors (Lipinski definition) is 1. The van der Waals surface area contributed by atoms with Crippen LogP contribution in [0.15, 0.2) is 24.3 Å². The molecule has 1 saturated heterocycles. The van der Waals surface area contributed by atoms with Crippen LogP contribution in [0.1, 0.15) is 49.5 Å². The first-order chi connectivity index (χ1) is 12.5. The van der Waals surface area contributed by atoms with E-state index in [1.165, 1.54) is 5.56 Å². The summed E-state index contributed by atoms with van der Waals surface area (Å²) in [4.78, 5) is 26.6. The SMILES string of the molecule is CCc1ccc(C(=O)CCC(=O)NCC2CN(CC(C)C)CCO2)cc1. The summed E-state index contributed by atoms with van der Waals surface area (Å²) in [5, 5.41) is 2.91. The van der Waals surface area contributed by atoms with Crippen LogP contribution in [0.5, 0.6) is 0 Å². The molecule has 5 heteroatoms. The van der Waals surface area contributed by atoms with Crippen LogP contribution in [0.2, 0.25) is 0 Å². The summed E-state index contributed by atoms with van der Waals surface area (Å²) < 4.78 is 5.73. The van der Waals surface area contributed by atoms with Crippen molar-refractivity contribution < 1.29 is 14.3 Å². The van der Waals surface area contributed by atoms with Crippen molar-refractivity contribution in [3.8, 4) is 0 Å². The van der Waals surface area contributed by atoms with Gasteiger partial charge in [-0.15, -0.1) is 0 Å². The third-order valence-electron chi connectivity index (χ3n) is 4.64. The Morgan fingerprint density at radius 2 is 1.96 bits per heavy atom. The van der Waals surface area contributed by atoms with Gasteiger partial charge in [-0.3, -0.25) is 14.5 Å². The molecule has 0 aromatic heterocycles. The lowest BCUT2D eigenvalue weighted by molar-refractivity contribution is -0.122. The van der Waals surface area contributed by atoms with E-state index in [2.05, 4.69) is 31.0 Å². The van der Waals surface area contributed by atoms with Crippen LogP contribution in [-0.2, 0) is 16.0 Å². The molecule has 1 atom stereocenters. The molecule has 1 aromatic carbocycles. The van der Waals surface area contributed by atoms with Gasteiger partial charge in [0.05, 0.1) is 12.7 Å². The highest BCUT2D eigenvalue weighted by Gasteiger charge is 2.21. The van der Waals surface area contributed by atoms with Crippen LogP contribution in [0, 0.1) is 5.92 Å². The van der Waals surface area contributed by atoms with Crippen molar-refractivity contribution in [2.24, 2.45) is 5.92 Å². The lowest BCUT2D eigenvalue weighted by atomic mass is 10.0. The average Bonchev–Trinajstić information content (AvgIpc) is 2.64. The zero-order valence-electron chi connectivity index (χ0n) is 16.3. The summed E-state index contributed by atoms with van der Waals surface area (Å²) in [6.07, 6.45) is 1.44. The number of ketones is 1. The first-order valence-corrected chi connectivity index (χ1v) is 9.70. The zero-order chi connectivity index (χ0) is 18.9. The van der Waals surface area contributed by atoms with Crippen molar-refractivity contribution in [2.75, 3.05) is 32.8 Å². The Morgan fingerprint density at radius 1 is 1.23 bits per heavy atom. The van der Waals surface area contributed by atoms with E-state index < -0.39 is 0 Å². The van der Waals surface area contributed by atoms with E-state index in [9.17, 15) is 9.59 Å². The number of morpholine rings is 1. The van der Waals surface area contributed by atoms with Gasteiger partial charge in [0.25, 0.3) is 0 Å². The highest BCUT2D eigenvalue weighted by atomic mass is 16.5. The van der Waals surface area contributed by atoms with E-state index in [4.69, 9.17) is 4.74 Å². The second kappa shape index (κ2) is 10.4. The van der Waals surface area contributed by atoms with Gasteiger partial charge in [0.1, 0.15) is 0 Å². The van der Waals surface area contributed by atoms with Crippen molar-refractivity contribution in [3.05, 3.63) is 35.4 Å². The van der Waals surface area contributed by atoms with Crippen LogP contribution in [0.3, 0.4) is 0 Å². The summed E-state index contributed by atoms with van der Waals surface area (Å²) in [6.45, 7) is 10.6.